The van der Waals surface area contributed by atoms with Gasteiger partial charge in [0.05, 0.1) is 6.67 Å². The molecule has 0 aliphatic heterocycles. The summed E-state index contributed by atoms with van der Waals surface area (Å²) in [6.07, 6.45) is -3.45. The molecule has 77 heavy (non-hydrogen) atoms. The second-order valence-electron chi connectivity index (χ2n) is 21.9. The van der Waals surface area contributed by atoms with E-state index in [9.17, 15) is 42.8 Å². The SMILES string of the molecule is C=C.C=C.CC(C)(C)OC(=O)NC[N+](CCCN(CN)C(=O)OC(C)(C)C)(OCC(=O)O)C(=O)OC(C)(C)C.CC(C)(C)OC(=O)NC[N+](CCCN(CNF)C(=O)OC(C)(C)C)(OCC(=O)O)C(=O)OC(C)(C)C.CCl. The zero-order valence-electron chi connectivity index (χ0n) is 49.4. The molecule has 26 nitrogen and oxygen atoms in total. The maximum atomic E-state index is 13.2. The summed E-state index contributed by atoms with van der Waals surface area (Å²) >= 11 is 4.64. The molecule has 0 aliphatic rings. The van der Waals surface area contributed by atoms with Gasteiger partial charge in [0.2, 0.25) is 13.2 Å². The molecule has 0 fully saturated rings. The lowest BCUT2D eigenvalue weighted by molar-refractivity contribution is -1.05. The third-order valence-electron chi connectivity index (χ3n) is 7.75. The lowest BCUT2D eigenvalue weighted by Crippen LogP contribution is -2.60. The van der Waals surface area contributed by atoms with Crippen molar-refractivity contribution in [1.82, 2.24) is 26.0 Å². The lowest BCUT2D eigenvalue weighted by atomic mass is 10.2. The number of carbonyl (C=O) groups excluding carboxylic acids is 6. The molecule has 0 spiro atoms. The highest BCUT2D eigenvalue weighted by atomic mass is 35.5. The maximum absolute atomic E-state index is 13.2. The number of nitrogens with one attached hydrogen (secondary N) is 3. The van der Waals surface area contributed by atoms with Crippen LogP contribution in [-0.4, -0.2) is 184 Å². The second kappa shape index (κ2) is 37.3. The standard InChI is InChI=1S/C22H41FN4O9.C22H42N4O9.2C2H4.CH3Cl/c1-20(2,3)34-17(30)24-15-27(33-13-16(28)29,19(32)36-22(7,8)9)12-10-11-26(14-25-23)18(31)35-21(4,5)6;1-20(2,3)33-17(29)24-15-26(32-13-16(27)28,19(31)35-22(7,8)9)12-10-11-25(14-23)18(30)34-21(4,5)6;3*1-2/h25H,10-15H2,1-9H3,(H-,24,28,29,30);10-15,23H2,1-9H3,(H-,24,27,28,29);2*1-2H2;1H3/p+2. The molecule has 2 unspecified atom stereocenters. The van der Waals surface area contributed by atoms with Crippen LogP contribution in [0.15, 0.2) is 26.3 Å². The average molecular weight is 1140 g/mol. The van der Waals surface area contributed by atoms with Crippen molar-refractivity contribution in [3.05, 3.63) is 26.3 Å². The first-order valence-corrected chi connectivity index (χ1v) is 24.9. The summed E-state index contributed by atoms with van der Waals surface area (Å²) in [4.78, 5) is 111. The summed E-state index contributed by atoms with van der Waals surface area (Å²) < 4.78 is 42.6. The molecule has 0 saturated carbocycles. The van der Waals surface area contributed by atoms with E-state index in [-0.39, 0.29) is 45.7 Å². The van der Waals surface area contributed by atoms with E-state index < -0.39 is 125 Å². The molecule has 0 heterocycles. The van der Waals surface area contributed by atoms with E-state index in [2.05, 4.69) is 48.6 Å². The highest BCUT2D eigenvalue weighted by Gasteiger charge is 2.47. The van der Waals surface area contributed by atoms with Crippen LogP contribution in [0.2, 0.25) is 0 Å². The number of ether oxygens (including phenoxy) is 6. The molecule has 0 aromatic carbocycles. The van der Waals surface area contributed by atoms with Crippen LogP contribution < -0.4 is 21.9 Å². The smallest absolute Gasteiger partial charge is 0.479 e. The number of alkyl halides is 1. The van der Waals surface area contributed by atoms with Crippen molar-refractivity contribution in [1.29, 1.82) is 0 Å². The van der Waals surface area contributed by atoms with Gasteiger partial charge < -0.3 is 44.4 Å². The number of amides is 6. The number of nitrogens with zero attached hydrogens (tertiary/aromatic N) is 4. The number of hydrogen-bond acceptors (Lipinski definition) is 18. The summed E-state index contributed by atoms with van der Waals surface area (Å²) in [5, 5.41) is 23.2. The lowest BCUT2D eigenvalue weighted by Gasteiger charge is -2.34. The fourth-order valence-corrected chi connectivity index (χ4v) is 5.11. The molecule has 28 heteroatoms. The predicted molar refractivity (Wildman–Crippen MR) is 286 cm³/mol. The van der Waals surface area contributed by atoms with Gasteiger partial charge in [-0.15, -0.1) is 47.9 Å². The van der Waals surface area contributed by atoms with Gasteiger partial charge in [-0.3, -0.25) is 20.4 Å². The minimum atomic E-state index is -1.37. The maximum Gasteiger partial charge on any atom is 0.551 e. The van der Waals surface area contributed by atoms with E-state index in [0.717, 1.165) is 4.90 Å². The van der Waals surface area contributed by atoms with Gasteiger partial charge in [0.15, 0.2) is 13.3 Å². The van der Waals surface area contributed by atoms with E-state index in [1.807, 2.05) is 0 Å². The number of halogens is 2. The van der Waals surface area contributed by atoms with Crippen LogP contribution in [0.3, 0.4) is 0 Å². The quantitative estimate of drug-likeness (QED) is 0.0119. The first kappa shape index (κ1) is 80.3. The average Bonchev–Trinajstić information content (AvgIpc) is 3.25. The van der Waals surface area contributed by atoms with Gasteiger partial charge in [0.1, 0.15) is 53.4 Å². The molecule has 6 amide bonds. The summed E-state index contributed by atoms with van der Waals surface area (Å²) in [6, 6.07) is 0. The summed E-state index contributed by atoms with van der Waals surface area (Å²) in [5.41, 5.74) is 1.97. The minimum Gasteiger partial charge on any atom is -0.479 e. The van der Waals surface area contributed by atoms with Crippen LogP contribution in [0.25, 0.3) is 0 Å². The van der Waals surface area contributed by atoms with Gasteiger partial charge in [0, 0.05) is 32.3 Å². The number of quaternary nitrogens is 2. The Morgan fingerprint density at radius 1 is 0.506 bits per heavy atom. The Hall–Kier alpha value is -5.58. The van der Waals surface area contributed by atoms with Gasteiger partial charge in [-0.2, -0.15) is 19.3 Å². The van der Waals surface area contributed by atoms with E-state index >= 15 is 0 Å². The first-order valence-electron chi connectivity index (χ1n) is 24.1. The Balaban J connectivity index is -0.000000409. The topological polar surface area (TPSA) is 319 Å². The van der Waals surface area contributed by atoms with Crippen LogP contribution in [0.1, 0.15) is 137 Å². The van der Waals surface area contributed by atoms with Crippen LogP contribution in [0.5, 0.6) is 0 Å². The van der Waals surface area contributed by atoms with E-state index in [4.69, 9.17) is 54.0 Å². The fourth-order valence-electron chi connectivity index (χ4n) is 5.11. The molecule has 0 aromatic heterocycles. The number of rotatable bonds is 21. The molecule has 0 rings (SSSR count). The highest BCUT2D eigenvalue weighted by Crippen LogP contribution is 2.22. The molecule has 0 aromatic rings. The Bertz CT molecular complexity index is 1790. The Kier molecular flexibility index (Phi) is 38.9. The molecule has 0 saturated heterocycles. The number of nitrogens with two attached hydrogens (primary N) is 1. The summed E-state index contributed by atoms with van der Waals surface area (Å²) in [6.45, 7) is 37.9. The van der Waals surface area contributed by atoms with Crippen molar-refractivity contribution >= 4 is 60.1 Å². The number of carboxylic acids is 2. The summed E-state index contributed by atoms with van der Waals surface area (Å²) in [7, 11) is 0. The molecule has 452 valence electrons. The van der Waals surface area contributed by atoms with Crippen molar-refractivity contribution in [3.63, 3.8) is 0 Å². The predicted octanol–water partition coefficient (Wildman–Crippen LogP) is 8.54. The van der Waals surface area contributed by atoms with Gasteiger partial charge >= 0.3 is 48.5 Å². The normalized spacial score (nSPS) is 13.0. The highest BCUT2D eigenvalue weighted by molar-refractivity contribution is 6.15. The number of alkyl carbamates (subject to hydrolysis) is 2. The van der Waals surface area contributed by atoms with Crippen LogP contribution in [-0.2, 0) is 47.7 Å². The van der Waals surface area contributed by atoms with Crippen molar-refractivity contribution < 1.29 is 100 Å². The van der Waals surface area contributed by atoms with E-state index in [1.54, 1.807) is 125 Å². The third kappa shape index (κ3) is 43.1. The number of hydrogen-bond donors (Lipinski definition) is 6. The minimum absolute atomic E-state index is 0.00971. The van der Waals surface area contributed by atoms with E-state index in [0.29, 0.717) is 0 Å². The molecule has 0 aliphatic carbocycles. The third-order valence-corrected chi connectivity index (χ3v) is 7.75. The largest absolute Gasteiger partial charge is 0.551 e. The zero-order valence-corrected chi connectivity index (χ0v) is 50.1. The van der Waals surface area contributed by atoms with Crippen LogP contribution >= 0.6 is 11.6 Å². The summed E-state index contributed by atoms with van der Waals surface area (Å²) in [5.74, 6) is -2.69. The number of carbonyl (C=O) groups is 8. The Labute approximate surface area is 460 Å². The van der Waals surface area contributed by atoms with Crippen LogP contribution in [0.4, 0.5) is 33.2 Å². The van der Waals surface area contributed by atoms with Gasteiger partial charge in [-0.25, -0.2) is 28.8 Å². The first-order chi connectivity index (χ1) is 34.9. The molecule has 7 N–H and O–H groups in total. The van der Waals surface area contributed by atoms with E-state index in [1.165, 1.54) is 16.8 Å². The Morgan fingerprint density at radius 2 is 0.779 bits per heavy atom. The van der Waals surface area contributed by atoms with Crippen LogP contribution in [0, 0.1) is 0 Å². The fraction of sp³-hybridized carbons (Fsp3) is 0.755. The van der Waals surface area contributed by atoms with Crippen molar-refractivity contribution in [3.8, 4) is 0 Å². The van der Waals surface area contributed by atoms with Crippen molar-refractivity contribution in [2.75, 3.05) is 72.5 Å². The van der Waals surface area contributed by atoms with Gasteiger partial charge in [0.25, 0.3) is 0 Å². The number of hydroxylamine groups is 6. The van der Waals surface area contributed by atoms with Gasteiger partial charge in [-0.05, 0) is 125 Å². The zero-order chi connectivity index (χ0) is 62.0. The van der Waals surface area contributed by atoms with Crippen molar-refractivity contribution in [2.24, 2.45) is 5.73 Å². The van der Waals surface area contributed by atoms with Crippen molar-refractivity contribution in [2.45, 2.75) is 171 Å². The molecule has 2 atom stereocenters. The monoisotopic (exact) mass is 1140 g/mol. The Morgan fingerprint density at radius 3 is 1.03 bits per heavy atom. The molecule has 0 radical (unpaired) electrons. The molecular weight excluding hydrogens is 1040 g/mol. The number of aliphatic carboxylic acids is 2. The second-order valence-corrected chi connectivity index (χ2v) is 21.9. The van der Waals surface area contributed by atoms with Gasteiger partial charge in [-0.1, -0.05) is 9.29 Å². The molecule has 0 bridgehead atoms. The molecular formula is C49H96ClFN8O18+2. The number of carboxylic acid groups (broad SMARTS) is 2.